The molecular formula is C15H21FN2O2S2. The molecule has 0 aromatic heterocycles. The van der Waals surface area contributed by atoms with Gasteiger partial charge in [-0.25, -0.2) is 9.18 Å². The van der Waals surface area contributed by atoms with Gasteiger partial charge in [-0.3, -0.25) is 4.21 Å². The summed E-state index contributed by atoms with van der Waals surface area (Å²) in [6.45, 7) is 1.44. The average Bonchev–Trinajstić information content (AvgIpc) is 2.72. The number of amides is 2. The van der Waals surface area contributed by atoms with Crippen molar-refractivity contribution in [2.45, 2.75) is 29.4 Å². The minimum atomic E-state index is -1.37. The monoisotopic (exact) mass is 344 g/mol. The molecule has 0 bridgehead atoms. The van der Waals surface area contributed by atoms with Crippen molar-refractivity contribution in [3.63, 3.8) is 0 Å². The lowest BCUT2D eigenvalue weighted by Gasteiger charge is -2.24. The Morgan fingerprint density at radius 1 is 1.45 bits per heavy atom. The number of halogens is 1. The highest BCUT2D eigenvalue weighted by atomic mass is 32.2. The largest absolute Gasteiger partial charge is 0.323 e. The van der Waals surface area contributed by atoms with Crippen molar-refractivity contribution in [2.24, 2.45) is 0 Å². The summed E-state index contributed by atoms with van der Waals surface area (Å²) in [7, 11) is -1.37. The van der Waals surface area contributed by atoms with Crippen LogP contribution in [0.5, 0.6) is 0 Å². The molecule has 0 saturated carbocycles. The molecule has 7 heteroatoms. The molecule has 2 rings (SSSR count). The zero-order valence-electron chi connectivity index (χ0n) is 12.8. The maximum Gasteiger partial charge on any atom is 0.321 e. The van der Waals surface area contributed by atoms with E-state index in [1.807, 2.05) is 0 Å². The number of hydrogen-bond acceptors (Lipinski definition) is 3. The molecule has 0 radical (unpaired) electrons. The fourth-order valence-electron chi connectivity index (χ4n) is 2.49. The second kappa shape index (κ2) is 7.97. The van der Waals surface area contributed by atoms with Crippen LogP contribution in [0.1, 0.15) is 19.3 Å². The summed E-state index contributed by atoms with van der Waals surface area (Å²) in [5.74, 6) is -0.559. The number of hydrogen-bond donors (Lipinski definition) is 1. The molecule has 122 valence electrons. The fourth-order valence-corrected chi connectivity index (χ4v) is 3.82. The van der Waals surface area contributed by atoms with Crippen LogP contribution in [0.4, 0.5) is 14.9 Å². The Labute approximate surface area is 137 Å². The van der Waals surface area contributed by atoms with Crippen LogP contribution in [-0.2, 0) is 10.8 Å². The second-order valence-corrected chi connectivity index (χ2v) is 7.82. The number of carbonyl (C=O) groups is 1. The highest BCUT2D eigenvalue weighted by molar-refractivity contribution is 7.99. The van der Waals surface area contributed by atoms with E-state index in [4.69, 9.17) is 0 Å². The summed E-state index contributed by atoms with van der Waals surface area (Å²) in [6.07, 6.45) is 6.73. The van der Waals surface area contributed by atoms with Gasteiger partial charge in [0, 0.05) is 30.3 Å². The van der Waals surface area contributed by atoms with Gasteiger partial charge in [0.1, 0.15) is 5.82 Å². The number of nitrogens with one attached hydrogen (secondary N) is 1. The van der Waals surface area contributed by atoms with Crippen LogP contribution < -0.4 is 5.32 Å². The van der Waals surface area contributed by atoms with Crippen LogP contribution in [-0.4, -0.2) is 46.0 Å². The predicted molar refractivity (Wildman–Crippen MR) is 90.5 cm³/mol. The number of likely N-dealkylation sites (tertiary alicyclic amines) is 1. The van der Waals surface area contributed by atoms with Gasteiger partial charge >= 0.3 is 6.03 Å². The minimum Gasteiger partial charge on any atom is -0.323 e. The van der Waals surface area contributed by atoms with Gasteiger partial charge < -0.3 is 10.2 Å². The molecule has 1 saturated heterocycles. The Balaban J connectivity index is 2.04. The molecule has 1 aromatic carbocycles. The molecule has 2 atom stereocenters. The molecule has 0 spiro atoms. The number of thioether (sulfide) groups is 1. The summed E-state index contributed by atoms with van der Waals surface area (Å²) >= 11 is 1.78. The van der Waals surface area contributed by atoms with Crippen molar-refractivity contribution in [3.8, 4) is 0 Å². The molecule has 4 nitrogen and oxygen atoms in total. The first kappa shape index (κ1) is 17.3. The first-order valence-electron chi connectivity index (χ1n) is 7.23. The van der Waals surface area contributed by atoms with E-state index >= 15 is 0 Å². The lowest BCUT2D eigenvalue weighted by atomic mass is 10.2. The molecule has 2 amide bonds. The van der Waals surface area contributed by atoms with Crippen LogP contribution in [0, 0.1) is 5.82 Å². The quantitative estimate of drug-likeness (QED) is 0.915. The van der Waals surface area contributed by atoms with Gasteiger partial charge in [-0.1, -0.05) is 6.42 Å². The minimum absolute atomic E-state index is 0.148. The highest BCUT2D eigenvalue weighted by Gasteiger charge is 2.21. The Kier molecular flexibility index (Phi) is 6.26. The van der Waals surface area contributed by atoms with Gasteiger partial charge in [0.05, 0.1) is 15.7 Å². The van der Waals surface area contributed by atoms with Crippen molar-refractivity contribution in [3.05, 3.63) is 24.0 Å². The molecule has 1 aliphatic heterocycles. The zero-order valence-corrected chi connectivity index (χ0v) is 14.4. The van der Waals surface area contributed by atoms with Crippen molar-refractivity contribution >= 4 is 34.3 Å². The predicted octanol–water partition coefficient (Wildman–Crippen LogP) is 3.31. The Morgan fingerprint density at radius 2 is 2.23 bits per heavy atom. The van der Waals surface area contributed by atoms with E-state index in [1.165, 1.54) is 18.4 Å². The normalized spacial score (nSPS) is 20.3. The van der Waals surface area contributed by atoms with Gasteiger partial charge in [-0.15, -0.1) is 0 Å². The van der Waals surface area contributed by atoms with Crippen molar-refractivity contribution in [2.75, 3.05) is 30.9 Å². The SMILES string of the molecule is CS[C@H]1CCCCN(C(=O)Nc2ccc([S@](C)=O)c(F)c2)C1. The third-order valence-corrected chi connectivity index (χ3v) is 5.74. The standard InChI is InChI=1S/C15H21FN2O2S2/c1-21-12-5-3-4-8-18(10-12)15(19)17-11-6-7-14(22(2)20)13(16)9-11/h6-7,9,12H,3-5,8,10H2,1-2H3,(H,17,19)/t12-,22-/m0/s1. The van der Waals surface area contributed by atoms with Crippen LogP contribution in [0.25, 0.3) is 0 Å². The first-order chi connectivity index (χ1) is 10.5. The lowest BCUT2D eigenvalue weighted by molar-refractivity contribution is 0.214. The van der Waals surface area contributed by atoms with Gasteiger partial charge in [0.2, 0.25) is 0 Å². The van der Waals surface area contributed by atoms with Crippen LogP contribution in [0.3, 0.4) is 0 Å². The number of urea groups is 1. The second-order valence-electron chi connectivity index (χ2n) is 5.33. The van der Waals surface area contributed by atoms with E-state index < -0.39 is 16.6 Å². The molecule has 1 N–H and O–H groups in total. The van der Waals surface area contributed by atoms with Crippen molar-refractivity contribution in [1.82, 2.24) is 4.90 Å². The van der Waals surface area contributed by atoms with E-state index in [-0.39, 0.29) is 10.9 Å². The van der Waals surface area contributed by atoms with Crippen LogP contribution >= 0.6 is 11.8 Å². The maximum atomic E-state index is 13.8. The van der Waals surface area contributed by atoms with E-state index in [0.29, 0.717) is 17.5 Å². The number of nitrogens with zero attached hydrogens (tertiary/aromatic N) is 1. The Hall–Kier alpha value is -1.08. The third kappa shape index (κ3) is 4.46. The van der Waals surface area contributed by atoms with Gasteiger partial charge in [-0.05, 0) is 37.3 Å². The van der Waals surface area contributed by atoms with E-state index in [1.54, 1.807) is 22.7 Å². The van der Waals surface area contributed by atoms with Crippen LogP contribution in [0.15, 0.2) is 23.1 Å². The Bertz CT molecular complexity index is 568. The fraction of sp³-hybridized carbons (Fsp3) is 0.533. The maximum absolute atomic E-state index is 13.8. The summed E-state index contributed by atoms with van der Waals surface area (Å²) in [5, 5.41) is 3.18. The van der Waals surface area contributed by atoms with Gasteiger partial charge in [0.25, 0.3) is 0 Å². The number of rotatable bonds is 3. The summed E-state index contributed by atoms with van der Waals surface area (Å²) < 4.78 is 25.1. The third-order valence-electron chi connectivity index (χ3n) is 3.74. The van der Waals surface area contributed by atoms with E-state index in [9.17, 15) is 13.4 Å². The average molecular weight is 344 g/mol. The van der Waals surface area contributed by atoms with Gasteiger partial charge in [0.15, 0.2) is 0 Å². The smallest absolute Gasteiger partial charge is 0.321 e. The molecule has 1 heterocycles. The van der Waals surface area contributed by atoms with Crippen LogP contribution in [0.2, 0.25) is 0 Å². The summed E-state index contributed by atoms with van der Waals surface area (Å²) in [6, 6.07) is 4.06. The summed E-state index contributed by atoms with van der Waals surface area (Å²) in [5.41, 5.74) is 0.390. The molecule has 22 heavy (non-hydrogen) atoms. The lowest BCUT2D eigenvalue weighted by Crippen LogP contribution is -2.38. The van der Waals surface area contributed by atoms with E-state index in [2.05, 4.69) is 11.6 Å². The molecule has 0 unspecified atom stereocenters. The summed E-state index contributed by atoms with van der Waals surface area (Å²) in [4.78, 5) is 14.3. The van der Waals surface area contributed by atoms with Crippen molar-refractivity contribution in [1.29, 1.82) is 0 Å². The Morgan fingerprint density at radius 3 is 2.86 bits per heavy atom. The zero-order chi connectivity index (χ0) is 16.1. The van der Waals surface area contributed by atoms with Crippen molar-refractivity contribution < 1.29 is 13.4 Å². The number of anilines is 1. The highest BCUT2D eigenvalue weighted by Crippen LogP contribution is 2.21. The van der Waals surface area contributed by atoms with Gasteiger partial charge in [-0.2, -0.15) is 11.8 Å². The number of benzene rings is 1. The molecule has 1 aromatic rings. The molecule has 1 aliphatic rings. The number of carbonyl (C=O) groups excluding carboxylic acids is 1. The molecule has 1 fully saturated rings. The van der Waals surface area contributed by atoms with E-state index in [0.717, 1.165) is 25.8 Å². The molecule has 0 aliphatic carbocycles. The molecular weight excluding hydrogens is 323 g/mol. The topological polar surface area (TPSA) is 49.4 Å². The first-order valence-corrected chi connectivity index (χ1v) is 10.1.